The van der Waals surface area contributed by atoms with Crippen molar-refractivity contribution in [2.75, 3.05) is 0 Å². The van der Waals surface area contributed by atoms with Crippen LogP contribution in [-0.2, 0) is 14.8 Å². The third-order valence-corrected chi connectivity index (χ3v) is 4.93. The number of aromatic nitrogens is 2. The Balaban J connectivity index is 2.28. The number of carbonyl (C=O) groups is 1. The molecule has 1 saturated carbocycles. The van der Waals surface area contributed by atoms with Gasteiger partial charge in [-0.2, -0.15) is 9.82 Å². The SMILES string of the molecule is O=C(O)C1(NS(=O)(=O)c2ccn[nH]2)CCCCCC1. The van der Waals surface area contributed by atoms with Crippen molar-refractivity contribution in [3.63, 3.8) is 0 Å². The molecule has 1 aliphatic carbocycles. The van der Waals surface area contributed by atoms with E-state index in [0.717, 1.165) is 12.8 Å². The van der Waals surface area contributed by atoms with Crippen molar-refractivity contribution in [3.8, 4) is 0 Å². The molecule has 1 aromatic rings. The van der Waals surface area contributed by atoms with E-state index in [1.54, 1.807) is 0 Å². The Morgan fingerprint density at radius 3 is 2.42 bits per heavy atom. The molecule has 7 nitrogen and oxygen atoms in total. The number of aromatic amines is 1. The van der Waals surface area contributed by atoms with Gasteiger partial charge in [0.1, 0.15) is 5.54 Å². The van der Waals surface area contributed by atoms with Gasteiger partial charge in [0, 0.05) is 0 Å². The summed E-state index contributed by atoms with van der Waals surface area (Å²) in [5.41, 5.74) is -1.40. The van der Waals surface area contributed by atoms with Crippen LogP contribution in [0.5, 0.6) is 0 Å². The van der Waals surface area contributed by atoms with E-state index in [9.17, 15) is 18.3 Å². The van der Waals surface area contributed by atoms with Crippen molar-refractivity contribution >= 4 is 16.0 Å². The van der Waals surface area contributed by atoms with E-state index in [4.69, 9.17) is 0 Å². The molecule has 1 aliphatic rings. The van der Waals surface area contributed by atoms with Gasteiger partial charge in [-0.1, -0.05) is 25.7 Å². The minimum atomic E-state index is -3.89. The zero-order chi connectivity index (χ0) is 13.9. The van der Waals surface area contributed by atoms with Crippen molar-refractivity contribution in [3.05, 3.63) is 12.3 Å². The highest BCUT2D eigenvalue weighted by Gasteiger charge is 2.42. The van der Waals surface area contributed by atoms with E-state index in [1.807, 2.05) is 0 Å². The number of hydrogen-bond donors (Lipinski definition) is 3. The molecule has 1 heterocycles. The van der Waals surface area contributed by atoms with E-state index in [2.05, 4.69) is 14.9 Å². The molecule has 8 heteroatoms. The van der Waals surface area contributed by atoms with Crippen LogP contribution in [0.1, 0.15) is 38.5 Å². The van der Waals surface area contributed by atoms with Crippen molar-refractivity contribution in [2.24, 2.45) is 0 Å². The maximum atomic E-state index is 12.1. The Labute approximate surface area is 111 Å². The predicted molar refractivity (Wildman–Crippen MR) is 67.0 cm³/mol. The fraction of sp³-hybridized carbons (Fsp3) is 0.636. The van der Waals surface area contributed by atoms with Crippen LogP contribution in [-0.4, -0.2) is 35.2 Å². The van der Waals surface area contributed by atoms with Gasteiger partial charge in [0.25, 0.3) is 10.0 Å². The van der Waals surface area contributed by atoms with Crippen LogP contribution in [0.4, 0.5) is 0 Å². The lowest BCUT2D eigenvalue weighted by atomic mass is 9.92. The number of aliphatic carboxylic acids is 1. The summed E-state index contributed by atoms with van der Waals surface area (Å²) in [6.45, 7) is 0. The van der Waals surface area contributed by atoms with Crippen LogP contribution in [0.3, 0.4) is 0 Å². The number of H-pyrrole nitrogens is 1. The van der Waals surface area contributed by atoms with Crippen molar-refractivity contribution in [1.29, 1.82) is 0 Å². The molecule has 19 heavy (non-hydrogen) atoms. The van der Waals surface area contributed by atoms with Crippen molar-refractivity contribution in [1.82, 2.24) is 14.9 Å². The average Bonchev–Trinajstić information content (AvgIpc) is 2.78. The third-order valence-electron chi connectivity index (χ3n) is 3.46. The maximum absolute atomic E-state index is 12.1. The molecule has 0 bridgehead atoms. The van der Waals surface area contributed by atoms with Gasteiger partial charge < -0.3 is 5.11 Å². The van der Waals surface area contributed by atoms with Gasteiger partial charge >= 0.3 is 5.97 Å². The van der Waals surface area contributed by atoms with Crippen LogP contribution in [0.25, 0.3) is 0 Å². The molecule has 0 saturated heterocycles. The van der Waals surface area contributed by atoms with Gasteiger partial charge in [-0.15, -0.1) is 0 Å². The second kappa shape index (κ2) is 5.30. The monoisotopic (exact) mass is 287 g/mol. The van der Waals surface area contributed by atoms with E-state index in [1.165, 1.54) is 12.3 Å². The number of sulfonamides is 1. The normalized spacial score (nSPS) is 19.8. The highest BCUT2D eigenvalue weighted by atomic mass is 32.2. The minimum Gasteiger partial charge on any atom is -0.480 e. The molecule has 0 spiro atoms. The summed E-state index contributed by atoms with van der Waals surface area (Å²) >= 11 is 0. The maximum Gasteiger partial charge on any atom is 0.324 e. The number of nitrogens with zero attached hydrogens (tertiary/aromatic N) is 1. The molecule has 0 aromatic carbocycles. The molecular formula is C11H17N3O4S. The summed E-state index contributed by atoms with van der Waals surface area (Å²) in [7, 11) is -3.89. The number of carboxylic acids is 1. The Morgan fingerprint density at radius 1 is 1.32 bits per heavy atom. The first-order valence-corrected chi connectivity index (χ1v) is 7.71. The lowest BCUT2D eigenvalue weighted by Gasteiger charge is -2.28. The minimum absolute atomic E-state index is 0.114. The molecule has 106 valence electrons. The summed E-state index contributed by atoms with van der Waals surface area (Å²) in [4.78, 5) is 11.5. The summed E-state index contributed by atoms with van der Waals surface area (Å²) in [6.07, 6.45) is 5.22. The zero-order valence-electron chi connectivity index (χ0n) is 10.4. The van der Waals surface area contributed by atoms with Crippen LogP contribution in [0.15, 0.2) is 17.3 Å². The van der Waals surface area contributed by atoms with Gasteiger partial charge in [-0.05, 0) is 18.9 Å². The summed E-state index contributed by atoms with van der Waals surface area (Å²) in [6, 6.07) is 1.30. The molecule has 0 unspecified atom stereocenters. The Kier molecular flexibility index (Phi) is 3.91. The van der Waals surface area contributed by atoms with Crippen LogP contribution < -0.4 is 4.72 Å². The second-order valence-electron chi connectivity index (χ2n) is 4.83. The van der Waals surface area contributed by atoms with E-state index < -0.39 is 21.5 Å². The topological polar surface area (TPSA) is 112 Å². The fourth-order valence-corrected chi connectivity index (χ4v) is 3.73. The van der Waals surface area contributed by atoms with E-state index in [-0.39, 0.29) is 5.03 Å². The van der Waals surface area contributed by atoms with Gasteiger partial charge in [-0.25, -0.2) is 8.42 Å². The highest BCUT2D eigenvalue weighted by Crippen LogP contribution is 2.29. The number of nitrogens with one attached hydrogen (secondary N) is 2. The lowest BCUT2D eigenvalue weighted by Crippen LogP contribution is -2.54. The number of carboxylic acid groups (broad SMARTS) is 1. The van der Waals surface area contributed by atoms with Crippen molar-refractivity contribution in [2.45, 2.75) is 49.1 Å². The van der Waals surface area contributed by atoms with Gasteiger partial charge in [-0.3, -0.25) is 9.89 Å². The average molecular weight is 287 g/mol. The molecule has 2 rings (SSSR count). The van der Waals surface area contributed by atoms with Gasteiger partial charge in [0.2, 0.25) is 0 Å². The highest BCUT2D eigenvalue weighted by molar-refractivity contribution is 7.89. The van der Waals surface area contributed by atoms with Crippen LogP contribution >= 0.6 is 0 Å². The smallest absolute Gasteiger partial charge is 0.324 e. The van der Waals surface area contributed by atoms with E-state index in [0.29, 0.717) is 25.7 Å². The Morgan fingerprint density at radius 2 is 1.95 bits per heavy atom. The Bertz CT molecular complexity index is 530. The first-order valence-electron chi connectivity index (χ1n) is 6.23. The fourth-order valence-electron chi connectivity index (χ4n) is 2.40. The quantitative estimate of drug-likeness (QED) is 0.711. The third kappa shape index (κ3) is 2.95. The molecule has 0 aliphatic heterocycles. The van der Waals surface area contributed by atoms with Crippen LogP contribution in [0, 0.1) is 0 Å². The van der Waals surface area contributed by atoms with Gasteiger partial charge in [0.15, 0.2) is 5.03 Å². The second-order valence-corrected chi connectivity index (χ2v) is 6.48. The molecule has 0 atom stereocenters. The molecule has 0 radical (unpaired) electrons. The number of hydrogen-bond acceptors (Lipinski definition) is 4. The summed E-state index contributed by atoms with van der Waals surface area (Å²) in [5.74, 6) is -1.11. The van der Waals surface area contributed by atoms with Crippen molar-refractivity contribution < 1.29 is 18.3 Å². The molecule has 3 N–H and O–H groups in total. The lowest BCUT2D eigenvalue weighted by molar-refractivity contribution is -0.144. The predicted octanol–water partition coefficient (Wildman–Crippen LogP) is 0.866. The number of rotatable bonds is 4. The molecule has 1 aromatic heterocycles. The molecule has 1 fully saturated rings. The summed E-state index contributed by atoms with van der Waals surface area (Å²) < 4.78 is 26.6. The van der Waals surface area contributed by atoms with Gasteiger partial charge in [0.05, 0.1) is 6.20 Å². The largest absolute Gasteiger partial charge is 0.480 e. The standard InChI is InChI=1S/C11H17N3O4S/c15-10(16)11(6-3-1-2-4-7-11)14-19(17,18)9-5-8-12-13-9/h5,8,14H,1-4,6-7H2,(H,12,13)(H,15,16). The zero-order valence-corrected chi connectivity index (χ0v) is 11.2. The molecule has 0 amide bonds. The Hall–Kier alpha value is -1.41. The first kappa shape index (κ1) is 14.0. The summed E-state index contributed by atoms with van der Waals surface area (Å²) in [5, 5.41) is 15.2. The van der Waals surface area contributed by atoms with Crippen LogP contribution in [0.2, 0.25) is 0 Å². The first-order chi connectivity index (χ1) is 8.96. The molecular weight excluding hydrogens is 270 g/mol. The van der Waals surface area contributed by atoms with E-state index >= 15 is 0 Å².